The molecule has 0 atom stereocenters. The third kappa shape index (κ3) is 5.01. The van der Waals surface area contributed by atoms with Crippen molar-refractivity contribution in [3.8, 4) is 11.8 Å². The molecule has 0 aliphatic carbocycles. The number of hydrogen-bond donors (Lipinski definition) is 0. The first-order valence-electron chi connectivity index (χ1n) is 4.89. The lowest BCUT2D eigenvalue weighted by Gasteiger charge is -2.09. The maximum atomic E-state index is 13.1. The molecule has 0 aliphatic rings. The summed E-state index contributed by atoms with van der Waals surface area (Å²) in [7, 11) is 0. The van der Waals surface area contributed by atoms with Crippen molar-refractivity contribution in [1.29, 1.82) is 5.26 Å². The topological polar surface area (TPSA) is 42.2 Å². The monoisotopic (exact) mass is 263 g/mol. The van der Waals surface area contributed by atoms with Gasteiger partial charge in [-0.2, -0.15) is 18.4 Å². The lowest BCUT2D eigenvalue weighted by molar-refractivity contribution is -0.175. The van der Waals surface area contributed by atoms with Crippen molar-refractivity contribution in [2.75, 3.05) is 19.8 Å². The van der Waals surface area contributed by atoms with Crippen molar-refractivity contribution in [1.82, 2.24) is 0 Å². The first kappa shape index (κ1) is 14.3. The van der Waals surface area contributed by atoms with Crippen LogP contribution in [-0.2, 0) is 4.74 Å². The Hall–Kier alpha value is -1.81. The molecule has 18 heavy (non-hydrogen) atoms. The van der Waals surface area contributed by atoms with Crippen LogP contribution in [0.4, 0.5) is 17.6 Å². The number of nitriles is 1. The van der Waals surface area contributed by atoms with Gasteiger partial charge in [-0.1, -0.05) is 0 Å². The molecule has 0 radical (unpaired) electrons. The van der Waals surface area contributed by atoms with Gasteiger partial charge in [0, 0.05) is 6.07 Å². The van der Waals surface area contributed by atoms with E-state index in [9.17, 15) is 17.6 Å². The molecule has 0 saturated carbocycles. The highest BCUT2D eigenvalue weighted by Crippen LogP contribution is 2.16. The van der Waals surface area contributed by atoms with Gasteiger partial charge in [-0.05, 0) is 12.1 Å². The summed E-state index contributed by atoms with van der Waals surface area (Å²) in [5, 5.41) is 8.47. The Morgan fingerprint density at radius 2 is 1.94 bits per heavy atom. The van der Waals surface area contributed by atoms with Crippen LogP contribution in [0.2, 0.25) is 0 Å². The summed E-state index contributed by atoms with van der Waals surface area (Å²) in [5.74, 6) is -0.617. The highest BCUT2D eigenvalue weighted by molar-refractivity contribution is 5.36. The van der Waals surface area contributed by atoms with Crippen molar-refractivity contribution >= 4 is 0 Å². The average Bonchev–Trinajstić information content (AvgIpc) is 2.27. The van der Waals surface area contributed by atoms with E-state index >= 15 is 0 Å². The second-order valence-electron chi connectivity index (χ2n) is 3.27. The molecule has 1 aromatic carbocycles. The van der Waals surface area contributed by atoms with Crippen LogP contribution in [-0.4, -0.2) is 26.0 Å². The van der Waals surface area contributed by atoms with Crippen LogP contribution in [0.25, 0.3) is 0 Å². The third-order valence-corrected chi connectivity index (χ3v) is 1.82. The normalized spacial score (nSPS) is 11.1. The summed E-state index contributed by atoms with van der Waals surface area (Å²) >= 11 is 0. The number of alkyl halides is 3. The standard InChI is InChI=1S/C11H9F4NO2/c12-10-5-9(2-1-8(10)6-16)18-4-3-17-7-11(13,14)15/h1-2,5H,3-4,7H2. The van der Waals surface area contributed by atoms with E-state index in [1.54, 1.807) is 6.07 Å². The number of ether oxygens (including phenoxy) is 2. The molecule has 7 heteroatoms. The zero-order chi connectivity index (χ0) is 13.6. The molecule has 0 unspecified atom stereocenters. The van der Waals surface area contributed by atoms with Crippen molar-refractivity contribution < 1.29 is 27.0 Å². The fraction of sp³-hybridized carbons (Fsp3) is 0.364. The summed E-state index contributed by atoms with van der Waals surface area (Å²) in [4.78, 5) is 0. The summed E-state index contributed by atoms with van der Waals surface area (Å²) < 4.78 is 57.4. The van der Waals surface area contributed by atoms with Crippen molar-refractivity contribution in [3.63, 3.8) is 0 Å². The van der Waals surface area contributed by atoms with Crippen molar-refractivity contribution in [3.05, 3.63) is 29.6 Å². The van der Waals surface area contributed by atoms with Gasteiger partial charge < -0.3 is 9.47 Å². The van der Waals surface area contributed by atoms with Crippen LogP contribution < -0.4 is 4.74 Å². The summed E-state index contributed by atoms with van der Waals surface area (Å²) in [6.07, 6.45) is -4.37. The van der Waals surface area contributed by atoms with Crippen molar-refractivity contribution in [2.45, 2.75) is 6.18 Å². The largest absolute Gasteiger partial charge is 0.491 e. The molecular weight excluding hydrogens is 254 g/mol. The van der Waals surface area contributed by atoms with Crippen LogP contribution in [0.1, 0.15) is 5.56 Å². The molecule has 98 valence electrons. The van der Waals surface area contributed by atoms with Crippen LogP contribution in [0, 0.1) is 17.1 Å². The highest BCUT2D eigenvalue weighted by atomic mass is 19.4. The Bertz CT molecular complexity index is 440. The van der Waals surface area contributed by atoms with Gasteiger partial charge >= 0.3 is 6.18 Å². The van der Waals surface area contributed by atoms with E-state index < -0.39 is 18.6 Å². The van der Waals surface area contributed by atoms with E-state index in [1.165, 1.54) is 12.1 Å². The van der Waals surface area contributed by atoms with E-state index in [1.807, 2.05) is 0 Å². The molecule has 0 aliphatic heterocycles. The Kier molecular flexibility index (Phi) is 4.92. The molecule has 0 saturated heterocycles. The molecule has 1 rings (SSSR count). The van der Waals surface area contributed by atoms with Crippen LogP contribution >= 0.6 is 0 Å². The van der Waals surface area contributed by atoms with Crippen LogP contribution in [0.3, 0.4) is 0 Å². The lowest BCUT2D eigenvalue weighted by Crippen LogP contribution is -2.19. The first-order chi connectivity index (χ1) is 8.42. The molecule has 0 N–H and O–H groups in total. The summed E-state index contributed by atoms with van der Waals surface area (Å²) in [6.45, 7) is -1.75. The van der Waals surface area contributed by atoms with Gasteiger partial charge in [0.15, 0.2) is 0 Å². The van der Waals surface area contributed by atoms with Gasteiger partial charge in [-0.3, -0.25) is 0 Å². The minimum atomic E-state index is -4.37. The molecule has 0 amide bonds. The maximum absolute atomic E-state index is 13.1. The molecule has 0 aromatic heterocycles. The van der Waals surface area contributed by atoms with Gasteiger partial charge in [0.05, 0.1) is 12.2 Å². The van der Waals surface area contributed by atoms with E-state index in [2.05, 4.69) is 4.74 Å². The quantitative estimate of drug-likeness (QED) is 0.605. The fourth-order valence-corrected chi connectivity index (χ4v) is 1.08. The van der Waals surface area contributed by atoms with Crippen LogP contribution in [0.5, 0.6) is 5.75 Å². The van der Waals surface area contributed by atoms with E-state index in [4.69, 9.17) is 10.00 Å². The molecule has 0 heterocycles. The Balaban J connectivity index is 2.32. The first-order valence-corrected chi connectivity index (χ1v) is 4.89. The number of rotatable bonds is 5. The minimum Gasteiger partial charge on any atom is -0.491 e. The molecule has 0 fully saturated rings. The number of nitrogens with zero attached hydrogens (tertiary/aromatic N) is 1. The third-order valence-electron chi connectivity index (χ3n) is 1.82. The van der Waals surface area contributed by atoms with Gasteiger partial charge in [0.25, 0.3) is 0 Å². The van der Waals surface area contributed by atoms with E-state index in [-0.39, 0.29) is 24.5 Å². The van der Waals surface area contributed by atoms with Gasteiger partial charge in [0.2, 0.25) is 0 Å². The van der Waals surface area contributed by atoms with E-state index in [0.29, 0.717) is 0 Å². The molecule has 1 aromatic rings. The second-order valence-corrected chi connectivity index (χ2v) is 3.27. The zero-order valence-electron chi connectivity index (χ0n) is 9.13. The number of hydrogen-bond acceptors (Lipinski definition) is 3. The van der Waals surface area contributed by atoms with Gasteiger partial charge in [0.1, 0.15) is 30.8 Å². The Morgan fingerprint density at radius 3 is 2.50 bits per heavy atom. The number of halogens is 4. The predicted molar refractivity (Wildman–Crippen MR) is 53.5 cm³/mol. The Morgan fingerprint density at radius 1 is 1.22 bits per heavy atom. The molecular formula is C11H9F4NO2. The lowest BCUT2D eigenvalue weighted by atomic mass is 10.2. The Labute approximate surface area is 101 Å². The molecule has 0 spiro atoms. The minimum absolute atomic E-state index is 0.127. The average molecular weight is 263 g/mol. The summed E-state index contributed by atoms with van der Waals surface area (Å²) in [5.41, 5.74) is -0.129. The second kappa shape index (κ2) is 6.21. The van der Waals surface area contributed by atoms with E-state index in [0.717, 1.165) is 6.07 Å². The smallest absolute Gasteiger partial charge is 0.411 e. The highest BCUT2D eigenvalue weighted by Gasteiger charge is 2.27. The fourth-order valence-electron chi connectivity index (χ4n) is 1.08. The van der Waals surface area contributed by atoms with Crippen LogP contribution in [0.15, 0.2) is 18.2 Å². The SMILES string of the molecule is N#Cc1ccc(OCCOCC(F)(F)F)cc1F. The zero-order valence-corrected chi connectivity index (χ0v) is 9.13. The summed E-state index contributed by atoms with van der Waals surface area (Å²) in [6, 6.07) is 5.20. The van der Waals surface area contributed by atoms with Gasteiger partial charge in [-0.25, -0.2) is 4.39 Å². The maximum Gasteiger partial charge on any atom is 0.411 e. The number of benzene rings is 1. The van der Waals surface area contributed by atoms with Gasteiger partial charge in [-0.15, -0.1) is 0 Å². The molecule has 0 bridgehead atoms. The predicted octanol–water partition coefficient (Wildman–Crippen LogP) is 2.66. The molecule has 3 nitrogen and oxygen atoms in total. The van der Waals surface area contributed by atoms with Crippen molar-refractivity contribution in [2.24, 2.45) is 0 Å².